The summed E-state index contributed by atoms with van der Waals surface area (Å²) in [7, 11) is 0. The Labute approximate surface area is 223 Å². The third-order valence-corrected chi connectivity index (χ3v) is 4.27. The average molecular weight is 555 g/mol. The van der Waals surface area contributed by atoms with E-state index in [4.69, 9.17) is 47.7 Å². The molecule has 0 radical (unpaired) electrons. The molecule has 0 aromatic heterocycles. The highest BCUT2D eigenvalue weighted by atomic mass is 16.6. The highest BCUT2D eigenvalue weighted by Gasteiger charge is 2.14. The van der Waals surface area contributed by atoms with E-state index in [1.54, 1.807) is 6.92 Å². The Morgan fingerprint density at radius 1 is 0.447 bits per heavy atom. The van der Waals surface area contributed by atoms with Crippen LogP contribution in [0.25, 0.3) is 0 Å². The fraction of sp³-hybridized carbons (Fsp3) is 0.833. The molecule has 0 aliphatic carbocycles. The van der Waals surface area contributed by atoms with Gasteiger partial charge in [-0.25, -0.2) is 4.79 Å². The number of aliphatic carboxylic acids is 1. The van der Waals surface area contributed by atoms with Crippen molar-refractivity contribution in [1.82, 2.24) is 0 Å². The van der Waals surface area contributed by atoms with Crippen molar-refractivity contribution >= 4 is 23.7 Å². The summed E-state index contributed by atoms with van der Waals surface area (Å²) in [5, 5.41) is 8.41. The van der Waals surface area contributed by atoms with Crippen molar-refractivity contribution in [2.75, 3.05) is 106 Å². The number of carboxylic acids is 1. The maximum atomic E-state index is 11.3. The molecule has 222 valence electrons. The van der Waals surface area contributed by atoms with Gasteiger partial charge in [0, 0.05) is 6.42 Å². The van der Waals surface area contributed by atoms with Crippen LogP contribution in [-0.2, 0) is 61.8 Å². The van der Waals surface area contributed by atoms with E-state index in [9.17, 15) is 19.2 Å². The minimum Gasteiger partial charge on any atom is -0.476 e. The lowest BCUT2D eigenvalue weighted by Crippen LogP contribution is -2.17. The molecule has 38 heavy (non-hydrogen) atoms. The smallest absolute Gasteiger partial charge is 0.372 e. The van der Waals surface area contributed by atoms with E-state index >= 15 is 0 Å². The zero-order chi connectivity index (χ0) is 28.1. The molecule has 0 aliphatic heterocycles. The first kappa shape index (κ1) is 35.8. The molecule has 0 bridgehead atoms. The molecule has 0 aliphatic rings. The molecule has 14 heteroatoms. The first-order chi connectivity index (χ1) is 18.5. The van der Waals surface area contributed by atoms with Crippen LogP contribution in [-0.4, -0.2) is 135 Å². The summed E-state index contributed by atoms with van der Waals surface area (Å²) >= 11 is 0. The lowest BCUT2D eigenvalue weighted by Gasteiger charge is -2.08. The molecule has 0 amide bonds. The molecular formula is C24H42O14. The summed E-state index contributed by atoms with van der Waals surface area (Å²) in [6, 6.07) is 0. The van der Waals surface area contributed by atoms with Gasteiger partial charge in [0.05, 0.1) is 112 Å². The second kappa shape index (κ2) is 27.8. The molecule has 0 heterocycles. The maximum Gasteiger partial charge on any atom is 0.372 e. The molecule has 1 N–H and O–H groups in total. The van der Waals surface area contributed by atoms with Crippen LogP contribution in [0.1, 0.15) is 26.2 Å². The van der Waals surface area contributed by atoms with Gasteiger partial charge >= 0.3 is 17.9 Å². The molecule has 0 rings (SSSR count). The number of hydrogen-bond donors (Lipinski definition) is 1. The number of ketones is 1. The van der Waals surface area contributed by atoms with Gasteiger partial charge in [0.15, 0.2) is 0 Å². The molecule has 0 unspecified atom stereocenters. The number of Topliss-reactive ketones (excluding diaryl/α,β-unsaturated/α-hetero) is 1. The molecule has 0 aromatic carbocycles. The van der Waals surface area contributed by atoms with Gasteiger partial charge in [-0.05, 0) is 6.92 Å². The molecule has 0 aromatic rings. The highest BCUT2D eigenvalue weighted by molar-refractivity contribution is 6.32. The Bertz CT molecular complexity index is 613. The van der Waals surface area contributed by atoms with Crippen LogP contribution in [0.15, 0.2) is 0 Å². The van der Waals surface area contributed by atoms with Gasteiger partial charge in [-0.15, -0.1) is 0 Å². The third-order valence-electron chi connectivity index (χ3n) is 4.27. The topological polar surface area (TPSA) is 172 Å². The first-order valence-electron chi connectivity index (χ1n) is 12.6. The second-order valence-corrected chi connectivity index (χ2v) is 7.29. The maximum absolute atomic E-state index is 11.3. The van der Waals surface area contributed by atoms with E-state index in [-0.39, 0.29) is 38.4 Å². The van der Waals surface area contributed by atoms with Crippen LogP contribution < -0.4 is 0 Å². The van der Waals surface area contributed by atoms with Crippen LogP contribution >= 0.6 is 0 Å². The predicted octanol–water partition coefficient (Wildman–Crippen LogP) is 0.0329. The van der Waals surface area contributed by atoms with Crippen molar-refractivity contribution in [3.05, 3.63) is 0 Å². The van der Waals surface area contributed by atoms with Crippen LogP contribution in [0, 0.1) is 0 Å². The van der Waals surface area contributed by atoms with Gasteiger partial charge in [0.25, 0.3) is 0 Å². The van der Waals surface area contributed by atoms with Crippen LogP contribution in [0.3, 0.4) is 0 Å². The Morgan fingerprint density at radius 3 is 1.16 bits per heavy atom. The van der Waals surface area contributed by atoms with E-state index in [0.717, 1.165) is 0 Å². The number of carboxylic acid groups (broad SMARTS) is 1. The summed E-state index contributed by atoms with van der Waals surface area (Å²) in [6.45, 7) is 7.61. The summed E-state index contributed by atoms with van der Waals surface area (Å²) in [6.07, 6.45) is -0.423. The number of hydrogen-bond acceptors (Lipinski definition) is 13. The molecular weight excluding hydrogens is 512 g/mol. The molecule has 0 atom stereocenters. The van der Waals surface area contributed by atoms with Crippen molar-refractivity contribution in [1.29, 1.82) is 0 Å². The fourth-order valence-electron chi connectivity index (χ4n) is 2.42. The minimum atomic E-state index is -1.56. The zero-order valence-corrected chi connectivity index (χ0v) is 22.2. The van der Waals surface area contributed by atoms with E-state index in [1.807, 2.05) is 0 Å². The standard InChI is InChI=1S/C24H42O14/c1-2-37-23(27)5-6-30-7-8-31-9-10-32-11-12-33-13-14-34-15-16-35-17-18-36-19-20-38-22(26)4-3-21(25)24(28)29/h2-20H2,1H3,(H,28,29). The Kier molecular flexibility index (Phi) is 26.2. The van der Waals surface area contributed by atoms with Crippen LogP contribution in [0.5, 0.6) is 0 Å². The van der Waals surface area contributed by atoms with Gasteiger partial charge in [0.1, 0.15) is 6.61 Å². The Balaban J connectivity index is 3.16. The molecule has 0 fully saturated rings. The minimum absolute atomic E-state index is 0.0123. The zero-order valence-electron chi connectivity index (χ0n) is 22.2. The van der Waals surface area contributed by atoms with Gasteiger partial charge in [0.2, 0.25) is 5.78 Å². The van der Waals surface area contributed by atoms with Crippen molar-refractivity contribution in [3.8, 4) is 0 Å². The van der Waals surface area contributed by atoms with Gasteiger partial charge in [-0.3, -0.25) is 14.4 Å². The van der Waals surface area contributed by atoms with Crippen molar-refractivity contribution < 1.29 is 66.9 Å². The highest BCUT2D eigenvalue weighted by Crippen LogP contribution is 1.95. The Hall–Kier alpha value is -2.20. The summed E-state index contributed by atoms with van der Waals surface area (Å²) in [5.41, 5.74) is 0. The average Bonchev–Trinajstić information content (AvgIpc) is 2.89. The lowest BCUT2D eigenvalue weighted by atomic mass is 10.2. The first-order valence-corrected chi connectivity index (χ1v) is 12.6. The fourth-order valence-corrected chi connectivity index (χ4v) is 2.42. The number of ether oxygens (including phenoxy) is 9. The van der Waals surface area contributed by atoms with Crippen LogP contribution in [0.4, 0.5) is 0 Å². The third kappa shape index (κ3) is 26.9. The lowest BCUT2D eigenvalue weighted by molar-refractivity contribution is -0.151. The van der Waals surface area contributed by atoms with Crippen molar-refractivity contribution in [2.24, 2.45) is 0 Å². The van der Waals surface area contributed by atoms with Crippen molar-refractivity contribution in [3.63, 3.8) is 0 Å². The number of carbonyl (C=O) groups is 4. The quantitative estimate of drug-likeness (QED) is 0.0746. The van der Waals surface area contributed by atoms with Gasteiger partial charge in [-0.2, -0.15) is 0 Å². The molecule has 0 saturated carbocycles. The molecule has 14 nitrogen and oxygen atoms in total. The largest absolute Gasteiger partial charge is 0.476 e. The van der Waals surface area contributed by atoms with Gasteiger partial charge < -0.3 is 47.7 Å². The van der Waals surface area contributed by atoms with Gasteiger partial charge in [-0.1, -0.05) is 0 Å². The summed E-state index contributed by atoms with van der Waals surface area (Å²) in [5.74, 6) is -3.51. The van der Waals surface area contributed by atoms with E-state index in [2.05, 4.69) is 0 Å². The molecule has 0 spiro atoms. The molecule has 0 saturated heterocycles. The van der Waals surface area contributed by atoms with E-state index in [0.29, 0.717) is 92.5 Å². The SMILES string of the molecule is CCOC(=O)CCOCCOCCOCCOCCOCCOCCOCCOC(=O)CCC(=O)C(=O)O. The number of carbonyl (C=O) groups excluding carboxylic acids is 3. The second-order valence-electron chi connectivity index (χ2n) is 7.29. The summed E-state index contributed by atoms with van der Waals surface area (Å²) < 4.78 is 46.9. The number of rotatable bonds is 29. The normalized spacial score (nSPS) is 10.9. The van der Waals surface area contributed by atoms with E-state index < -0.39 is 17.7 Å². The number of esters is 2. The van der Waals surface area contributed by atoms with Crippen molar-refractivity contribution in [2.45, 2.75) is 26.2 Å². The Morgan fingerprint density at radius 2 is 0.789 bits per heavy atom. The van der Waals surface area contributed by atoms with E-state index in [1.165, 1.54) is 0 Å². The summed E-state index contributed by atoms with van der Waals surface area (Å²) in [4.78, 5) is 43.6. The van der Waals surface area contributed by atoms with Crippen LogP contribution in [0.2, 0.25) is 0 Å². The monoisotopic (exact) mass is 554 g/mol. The predicted molar refractivity (Wildman–Crippen MR) is 130 cm³/mol.